The average molecular weight is 408 g/mol. The molecule has 0 fully saturated rings. The van der Waals surface area contributed by atoms with Gasteiger partial charge < -0.3 is 5.11 Å². The fourth-order valence-corrected chi connectivity index (χ4v) is 4.56. The summed E-state index contributed by atoms with van der Waals surface area (Å²) in [7, 11) is -7.83. The summed E-state index contributed by atoms with van der Waals surface area (Å²) >= 11 is 0. The molecule has 0 saturated carbocycles. The van der Waals surface area contributed by atoms with Gasteiger partial charge in [-0.05, 0) is 29.8 Å². The van der Waals surface area contributed by atoms with E-state index in [-0.39, 0.29) is 10.6 Å². The lowest BCUT2D eigenvalue weighted by molar-refractivity contribution is -0.117. The Morgan fingerprint density at radius 2 is 1.52 bits per heavy atom. The highest BCUT2D eigenvalue weighted by molar-refractivity contribution is 7.94. The second-order valence-corrected chi connectivity index (χ2v) is 9.56. The molecule has 0 radical (unpaired) electrons. The Kier molecular flexibility index (Phi) is 4.58. The van der Waals surface area contributed by atoms with E-state index in [1.165, 1.54) is 24.3 Å². The molecule has 3 N–H and O–H groups in total. The fourth-order valence-electron chi connectivity index (χ4n) is 2.96. The SMILES string of the molecule is CS(=O)(=O)C1=C(O)C(=O)N(c2ccc(S(N)(=O)=O)cc2)C1c1ccccc1. The number of anilines is 1. The van der Waals surface area contributed by atoms with Crippen LogP contribution < -0.4 is 10.0 Å². The van der Waals surface area contributed by atoms with Crippen LogP contribution in [0.2, 0.25) is 0 Å². The number of rotatable bonds is 4. The molecule has 1 unspecified atom stereocenters. The predicted octanol–water partition coefficient (Wildman–Crippen LogP) is 1.24. The van der Waals surface area contributed by atoms with Gasteiger partial charge in [0, 0.05) is 11.9 Å². The first-order valence-electron chi connectivity index (χ1n) is 7.66. The van der Waals surface area contributed by atoms with Crippen molar-refractivity contribution >= 4 is 31.5 Å². The number of nitrogens with two attached hydrogens (primary N) is 1. The Labute approximate surface area is 156 Å². The summed E-state index contributed by atoms with van der Waals surface area (Å²) in [6.07, 6.45) is 0.912. The van der Waals surface area contributed by atoms with Crippen molar-refractivity contribution in [3.63, 3.8) is 0 Å². The number of primary sulfonamides is 1. The van der Waals surface area contributed by atoms with Crippen LogP contribution in [0.15, 0.2) is 70.2 Å². The van der Waals surface area contributed by atoms with Crippen molar-refractivity contribution in [2.45, 2.75) is 10.9 Å². The second kappa shape index (κ2) is 6.48. The summed E-state index contributed by atoms with van der Waals surface area (Å²) in [5, 5.41) is 15.3. The summed E-state index contributed by atoms with van der Waals surface area (Å²) in [5.41, 5.74) is 0.692. The van der Waals surface area contributed by atoms with Gasteiger partial charge in [-0.15, -0.1) is 0 Å². The number of carbonyl (C=O) groups is 1. The molecule has 142 valence electrons. The van der Waals surface area contributed by atoms with Crippen molar-refractivity contribution in [1.29, 1.82) is 0 Å². The molecule has 1 heterocycles. The zero-order chi connectivity index (χ0) is 20.0. The van der Waals surface area contributed by atoms with E-state index in [9.17, 15) is 26.7 Å². The van der Waals surface area contributed by atoms with Gasteiger partial charge in [0.1, 0.15) is 10.9 Å². The molecule has 1 aliphatic rings. The number of benzene rings is 2. The lowest BCUT2D eigenvalue weighted by Gasteiger charge is -2.26. The van der Waals surface area contributed by atoms with E-state index in [1.54, 1.807) is 30.3 Å². The molecule has 0 spiro atoms. The molecule has 10 heteroatoms. The van der Waals surface area contributed by atoms with E-state index in [2.05, 4.69) is 0 Å². The first kappa shape index (κ1) is 19.1. The minimum atomic E-state index is -3.93. The highest BCUT2D eigenvalue weighted by atomic mass is 32.2. The fraction of sp³-hybridized carbons (Fsp3) is 0.118. The number of hydrogen-bond donors (Lipinski definition) is 2. The van der Waals surface area contributed by atoms with Crippen molar-refractivity contribution < 1.29 is 26.7 Å². The summed E-state index contributed by atoms with van der Waals surface area (Å²) in [4.78, 5) is 13.2. The molecule has 0 aromatic heterocycles. The van der Waals surface area contributed by atoms with E-state index in [0.29, 0.717) is 5.56 Å². The summed E-state index contributed by atoms with van der Waals surface area (Å²) in [6.45, 7) is 0. The Hall–Kier alpha value is -2.69. The lowest BCUT2D eigenvalue weighted by Crippen LogP contribution is -2.31. The van der Waals surface area contributed by atoms with Crippen LogP contribution in [0.1, 0.15) is 11.6 Å². The predicted molar refractivity (Wildman–Crippen MR) is 99.0 cm³/mol. The van der Waals surface area contributed by atoms with Crippen LogP contribution in [0.5, 0.6) is 0 Å². The van der Waals surface area contributed by atoms with Gasteiger partial charge in [0.15, 0.2) is 15.6 Å². The standard InChI is InChI=1S/C17H16N2O6S2/c1-26(22,23)16-14(11-5-3-2-4-6-11)19(17(21)15(16)20)12-7-9-13(10-8-12)27(18,24)25/h2-10,14,20H,1H3,(H2,18,24,25). The molecule has 27 heavy (non-hydrogen) atoms. The molecule has 2 aromatic carbocycles. The number of amides is 1. The van der Waals surface area contributed by atoms with Gasteiger partial charge in [-0.2, -0.15) is 0 Å². The van der Waals surface area contributed by atoms with Crippen LogP contribution in [0.4, 0.5) is 5.69 Å². The third-order valence-corrected chi connectivity index (χ3v) is 6.26. The number of nitrogens with zero attached hydrogens (tertiary/aromatic N) is 1. The third-order valence-electron chi connectivity index (χ3n) is 4.12. The number of sulfone groups is 1. The topological polar surface area (TPSA) is 135 Å². The molecule has 1 amide bonds. The number of hydrogen-bond acceptors (Lipinski definition) is 6. The van der Waals surface area contributed by atoms with Crippen LogP contribution in [0.25, 0.3) is 0 Å². The largest absolute Gasteiger partial charge is 0.502 e. The molecule has 0 bridgehead atoms. The number of aliphatic hydroxyl groups excluding tert-OH is 1. The molecule has 8 nitrogen and oxygen atoms in total. The second-order valence-electron chi connectivity index (χ2n) is 6.01. The van der Waals surface area contributed by atoms with Crippen molar-refractivity contribution in [1.82, 2.24) is 0 Å². The van der Waals surface area contributed by atoms with E-state index >= 15 is 0 Å². The Bertz CT molecular complexity index is 1140. The van der Waals surface area contributed by atoms with Gasteiger partial charge in [0.25, 0.3) is 5.91 Å². The average Bonchev–Trinajstić information content (AvgIpc) is 2.86. The molecule has 0 aliphatic carbocycles. The maximum Gasteiger partial charge on any atom is 0.295 e. The lowest BCUT2D eigenvalue weighted by atomic mass is 10.1. The minimum Gasteiger partial charge on any atom is -0.502 e. The van der Waals surface area contributed by atoms with Crippen molar-refractivity contribution in [3.8, 4) is 0 Å². The van der Waals surface area contributed by atoms with Gasteiger partial charge in [-0.1, -0.05) is 30.3 Å². The zero-order valence-electron chi connectivity index (χ0n) is 14.1. The van der Waals surface area contributed by atoms with Crippen LogP contribution in [-0.4, -0.2) is 34.1 Å². The van der Waals surface area contributed by atoms with Crippen LogP contribution in [0, 0.1) is 0 Å². The maximum absolute atomic E-state index is 12.6. The molecule has 0 saturated heterocycles. The smallest absolute Gasteiger partial charge is 0.295 e. The first-order valence-corrected chi connectivity index (χ1v) is 11.1. The highest BCUT2D eigenvalue weighted by Crippen LogP contribution is 2.42. The van der Waals surface area contributed by atoms with E-state index in [1.807, 2.05) is 0 Å². The monoisotopic (exact) mass is 408 g/mol. The van der Waals surface area contributed by atoms with Gasteiger partial charge >= 0.3 is 0 Å². The van der Waals surface area contributed by atoms with Crippen LogP contribution in [0.3, 0.4) is 0 Å². The van der Waals surface area contributed by atoms with Gasteiger partial charge in [-0.25, -0.2) is 22.0 Å². The number of aliphatic hydroxyl groups is 1. The molecular formula is C17H16N2O6S2. The quantitative estimate of drug-likeness (QED) is 0.781. The van der Waals surface area contributed by atoms with Crippen LogP contribution in [-0.2, 0) is 24.7 Å². The summed E-state index contributed by atoms with van der Waals surface area (Å²) < 4.78 is 47.3. The number of sulfonamides is 1. The summed E-state index contributed by atoms with van der Waals surface area (Å²) in [6, 6.07) is 12.3. The molecule has 1 aliphatic heterocycles. The molecule has 2 aromatic rings. The van der Waals surface area contributed by atoms with Crippen LogP contribution >= 0.6 is 0 Å². The van der Waals surface area contributed by atoms with E-state index < -0.39 is 42.5 Å². The molecule has 3 rings (SSSR count). The first-order chi connectivity index (χ1) is 12.5. The Balaban J connectivity index is 2.18. The zero-order valence-corrected chi connectivity index (χ0v) is 15.7. The minimum absolute atomic E-state index is 0.158. The summed E-state index contributed by atoms with van der Waals surface area (Å²) in [5.74, 6) is -1.76. The van der Waals surface area contributed by atoms with Gasteiger partial charge in [0.2, 0.25) is 10.0 Å². The molecular weight excluding hydrogens is 392 g/mol. The normalized spacial score (nSPS) is 18.2. The van der Waals surface area contributed by atoms with Crippen molar-refractivity contribution in [2.75, 3.05) is 11.2 Å². The molecule has 1 atom stereocenters. The van der Waals surface area contributed by atoms with Gasteiger partial charge in [0.05, 0.1) is 4.90 Å². The Morgan fingerprint density at radius 1 is 0.963 bits per heavy atom. The van der Waals surface area contributed by atoms with E-state index in [0.717, 1.165) is 11.2 Å². The third kappa shape index (κ3) is 3.46. The maximum atomic E-state index is 12.6. The van der Waals surface area contributed by atoms with Crippen molar-refractivity contribution in [2.24, 2.45) is 5.14 Å². The number of carbonyl (C=O) groups excluding carboxylic acids is 1. The van der Waals surface area contributed by atoms with E-state index in [4.69, 9.17) is 5.14 Å². The Morgan fingerprint density at radius 3 is 2.00 bits per heavy atom. The van der Waals surface area contributed by atoms with Gasteiger partial charge in [-0.3, -0.25) is 9.69 Å². The van der Waals surface area contributed by atoms with Crippen molar-refractivity contribution in [3.05, 3.63) is 70.8 Å². The highest BCUT2D eigenvalue weighted by Gasteiger charge is 2.45.